The van der Waals surface area contributed by atoms with Crippen molar-refractivity contribution in [2.75, 3.05) is 20.3 Å². The summed E-state index contributed by atoms with van der Waals surface area (Å²) in [6.07, 6.45) is -0.0784. The number of halogens is 1. The molecule has 10 heteroatoms. The standard InChI is InChI=1S/C24H34ClN3O5S/c1-14(2)18-8-17(25)9-19(15(3)4)20(18)10-22(29)27-34(30,31)23-11-21(28(26-23)16(5)6)24(32-7)12-33-13-24/h8-9,11,14-16H,10,12-13H2,1-7H3,(H,27,29). The smallest absolute Gasteiger partial charge is 0.283 e. The Hall–Kier alpha value is -1.94. The van der Waals surface area contributed by atoms with Gasteiger partial charge < -0.3 is 9.47 Å². The molecule has 0 spiro atoms. The van der Waals surface area contributed by atoms with Gasteiger partial charge in [-0.25, -0.2) is 4.72 Å². The second-order valence-electron chi connectivity index (χ2n) is 9.67. The van der Waals surface area contributed by atoms with Crippen LogP contribution in [0.1, 0.15) is 81.8 Å². The van der Waals surface area contributed by atoms with Crippen molar-refractivity contribution in [1.29, 1.82) is 0 Å². The van der Waals surface area contributed by atoms with E-state index in [2.05, 4.69) is 9.82 Å². The Bertz CT molecular complexity index is 1130. The zero-order valence-electron chi connectivity index (χ0n) is 20.8. The summed E-state index contributed by atoms with van der Waals surface area (Å²) in [5.74, 6) is -0.384. The van der Waals surface area contributed by atoms with Gasteiger partial charge in [0.05, 0.1) is 25.3 Å². The zero-order valence-corrected chi connectivity index (χ0v) is 22.4. The fraction of sp³-hybridized carbons (Fsp3) is 0.583. The van der Waals surface area contributed by atoms with E-state index in [9.17, 15) is 13.2 Å². The van der Waals surface area contributed by atoms with Gasteiger partial charge in [-0.15, -0.1) is 0 Å². The largest absolute Gasteiger partial charge is 0.374 e. The molecule has 1 N–H and O–H groups in total. The van der Waals surface area contributed by atoms with E-state index < -0.39 is 21.5 Å². The number of benzene rings is 1. The summed E-state index contributed by atoms with van der Waals surface area (Å²) in [6.45, 7) is 12.5. The summed E-state index contributed by atoms with van der Waals surface area (Å²) in [4.78, 5) is 13.0. The van der Waals surface area contributed by atoms with Crippen LogP contribution in [0.5, 0.6) is 0 Å². The van der Waals surface area contributed by atoms with Gasteiger partial charge in [0.1, 0.15) is 0 Å². The SMILES string of the molecule is COC1(c2cc(S(=O)(=O)NC(=O)Cc3c(C(C)C)cc(Cl)cc3C(C)C)nn2C(C)C)COC1. The molecule has 0 aliphatic carbocycles. The molecule has 1 amide bonds. The first kappa shape index (κ1) is 26.7. The van der Waals surface area contributed by atoms with Crippen LogP contribution in [-0.2, 0) is 36.3 Å². The minimum Gasteiger partial charge on any atom is -0.374 e. The lowest BCUT2D eigenvalue weighted by molar-refractivity contribution is -0.206. The van der Waals surface area contributed by atoms with Crippen LogP contribution in [0.15, 0.2) is 23.2 Å². The maximum absolute atomic E-state index is 13.1. The van der Waals surface area contributed by atoms with Crippen molar-refractivity contribution in [3.05, 3.63) is 45.6 Å². The molecule has 1 aliphatic heterocycles. The van der Waals surface area contributed by atoms with Crippen LogP contribution < -0.4 is 4.72 Å². The molecule has 0 saturated carbocycles. The Labute approximate surface area is 207 Å². The third-order valence-electron chi connectivity index (χ3n) is 6.12. The molecule has 3 rings (SSSR count). The van der Waals surface area contributed by atoms with Crippen LogP contribution in [0, 0.1) is 0 Å². The highest BCUT2D eigenvalue weighted by Crippen LogP contribution is 2.36. The van der Waals surface area contributed by atoms with Crippen molar-refractivity contribution in [1.82, 2.24) is 14.5 Å². The van der Waals surface area contributed by atoms with Crippen LogP contribution >= 0.6 is 11.6 Å². The van der Waals surface area contributed by atoms with Crippen LogP contribution in [-0.4, -0.2) is 44.4 Å². The van der Waals surface area contributed by atoms with Gasteiger partial charge in [0.2, 0.25) is 5.91 Å². The van der Waals surface area contributed by atoms with E-state index in [1.807, 2.05) is 53.7 Å². The van der Waals surface area contributed by atoms with E-state index in [1.165, 1.54) is 6.07 Å². The van der Waals surface area contributed by atoms with Gasteiger partial charge in [-0.3, -0.25) is 9.48 Å². The molecule has 188 valence electrons. The predicted molar refractivity (Wildman–Crippen MR) is 131 cm³/mol. The molecule has 2 aromatic rings. The van der Waals surface area contributed by atoms with Gasteiger partial charge in [-0.05, 0) is 54.5 Å². The first-order valence-corrected chi connectivity index (χ1v) is 13.3. The minimum atomic E-state index is -4.20. The summed E-state index contributed by atoms with van der Waals surface area (Å²) >= 11 is 6.32. The highest BCUT2D eigenvalue weighted by molar-refractivity contribution is 7.90. The normalized spacial score (nSPS) is 15.7. The molecule has 1 saturated heterocycles. The number of nitrogens with one attached hydrogen (secondary N) is 1. The fourth-order valence-corrected chi connectivity index (χ4v) is 5.38. The van der Waals surface area contributed by atoms with E-state index >= 15 is 0 Å². The van der Waals surface area contributed by atoms with E-state index in [4.69, 9.17) is 21.1 Å². The number of hydrogen-bond donors (Lipinski definition) is 1. The minimum absolute atomic E-state index is 0.0784. The summed E-state index contributed by atoms with van der Waals surface area (Å²) < 4.78 is 41.0. The lowest BCUT2D eigenvalue weighted by Crippen LogP contribution is -2.49. The molecule has 0 radical (unpaired) electrons. The van der Waals surface area contributed by atoms with E-state index in [1.54, 1.807) is 11.8 Å². The number of nitrogens with zero attached hydrogens (tertiary/aromatic N) is 2. The summed E-state index contributed by atoms with van der Waals surface area (Å²) in [5.41, 5.74) is 2.52. The number of ether oxygens (including phenoxy) is 2. The number of carbonyl (C=O) groups excluding carboxylic acids is 1. The molecule has 0 unspecified atom stereocenters. The Balaban J connectivity index is 1.92. The van der Waals surface area contributed by atoms with Crippen molar-refractivity contribution in [3.63, 3.8) is 0 Å². The van der Waals surface area contributed by atoms with Crippen LogP contribution in [0.3, 0.4) is 0 Å². The van der Waals surface area contributed by atoms with Gasteiger partial charge in [0.25, 0.3) is 10.0 Å². The van der Waals surface area contributed by atoms with Gasteiger partial charge in [-0.2, -0.15) is 13.5 Å². The summed E-state index contributed by atoms with van der Waals surface area (Å²) in [6, 6.07) is 5.04. The highest BCUT2D eigenvalue weighted by Gasteiger charge is 2.45. The van der Waals surface area contributed by atoms with Gasteiger partial charge in [0.15, 0.2) is 10.6 Å². The maximum Gasteiger partial charge on any atom is 0.283 e. The molecule has 0 atom stereocenters. The monoisotopic (exact) mass is 511 g/mol. The van der Waals surface area contributed by atoms with Gasteiger partial charge in [0, 0.05) is 24.2 Å². The molecular formula is C24H34ClN3O5S. The van der Waals surface area contributed by atoms with Crippen molar-refractivity contribution >= 4 is 27.5 Å². The highest BCUT2D eigenvalue weighted by atomic mass is 35.5. The Morgan fingerprint density at radius 2 is 1.71 bits per heavy atom. The molecule has 1 fully saturated rings. The lowest BCUT2D eigenvalue weighted by atomic mass is 9.87. The average molecular weight is 512 g/mol. The first-order valence-electron chi connectivity index (χ1n) is 11.4. The van der Waals surface area contributed by atoms with Crippen molar-refractivity contribution < 1.29 is 22.7 Å². The topological polar surface area (TPSA) is 99.5 Å². The number of amides is 1. The van der Waals surface area contributed by atoms with Crippen molar-refractivity contribution in [3.8, 4) is 0 Å². The summed E-state index contributed by atoms with van der Waals surface area (Å²) in [5, 5.41) is 4.68. The van der Waals surface area contributed by atoms with Gasteiger partial charge >= 0.3 is 0 Å². The van der Waals surface area contributed by atoms with Crippen LogP contribution in [0.2, 0.25) is 5.02 Å². The number of methoxy groups -OCH3 is 1. The van der Waals surface area contributed by atoms with E-state index in [0.717, 1.165) is 16.7 Å². The predicted octanol–water partition coefficient (Wildman–Crippen LogP) is 4.28. The molecule has 0 bridgehead atoms. The molecule has 8 nitrogen and oxygen atoms in total. The Kier molecular flexibility index (Phi) is 7.82. The second kappa shape index (κ2) is 9.97. The number of carbonyl (C=O) groups is 1. The zero-order chi connectivity index (χ0) is 25.4. The van der Waals surface area contributed by atoms with Crippen molar-refractivity contribution in [2.24, 2.45) is 0 Å². The molecule has 34 heavy (non-hydrogen) atoms. The van der Waals surface area contributed by atoms with Gasteiger partial charge in [-0.1, -0.05) is 39.3 Å². The molecule has 1 aliphatic rings. The molecule has 1 aromatic heterocycles. The second-order valence-corrected chi connectivity index (χ2v) is 11.7. The Morgan fingerprint density at radius 3 is 2.12 bits per heavy atom. The molecular weight excluding hydrogens is 478 g/mol. The number of aromatic nitrogens is 2. The molecule has 2 heterocycles. The maximum atomic E-state index is 13.1. The number of rotatable bonds is 9. The van der Waals surface area contributed by atoms with Crippen LogP contribution in [0.25, 0.3) is 0 Å². The fourth-order valence-electron chi connectivity index (χ4n) is 4.21. The van der Waals surface area contributed by atoms with E-state index in [-0.39, 0.29) is 29.3 Å². The first-order chi connectivity index (χ1) is 15.8. The third kappa shape index (κ3) is 5.17. The molecule has 1 aromatic carbocycles. The van der Waals surface area contributed by atoms with E-state index in [0.29, 0.717) is 23.9 Å². The number of hydrogen-bond acceptors (Lipinski definition) is 6. The summed E-state index contributed by atoms with van der Waals surface area (Å²) in [7, 11) is -2.64. The average Bonchev–Trinajstić information content (AvgIpc) is 3.15. The third-order valence-corrected chi connectivity index (χ3v) is 7.58. The lowest BCUT2D eigenvalue weighted by Gasteiger charge is -2.40. The number of sulfonamides is 1. The Morgan fingerprint density at radius 1 is 1.15 bits per heavy atom. The van der Waals surface area contributed by atoms with Crippen LogP contribution in [0.4, 0.5) is 0 Å². The van der Waals surface area contributed by atoms with Crippen molar-refractivity contribution in [2.45, 2.75) is 76.5 Å². The quantitative estimate of drug-likeness (QED) is 0.539.